The van der Waals surface area contributed by atoms with Crippen molar-refractivity contribution in [2.24, 2.45) is 0 Å². The minimum atomic E-state index is -0.340. The van der Waals surface area contributed by atoms with Gasteiger partial charge in [0, 0.05) is 17.9 Å². The minimum absolute atomic E-state index is 0.138. The summed E-state index contributed by atoms with van der Waals surface area (Å²) in [6.07, 6.45) is 1.96. The van der Waals surface area contributed by atoms with Crippen molar-refractivity contribution in [3.8, 4) is 5.69 Å². The molecule has 1 unspecified atom stereocenters. The molecule has 2 heterocycles. The summed E-state index contributed by atoms with van der Waals surface area (Å²) in [4.78, 5) is 12.1. The van der Waals surface area contributed by atoms with E-state index in [1.807, 2.05) is 0 Å². The van der Waals surface area contributed by atoms with E-state index in [9.17, 15) is 13.6 Å². The van der Waals surface area contributed by atoms with Gasteiger partial charge in [-0.15, -0.1) is 0 Å². The number of rotatable bonds is 2. The first-order valence-electron chi connectivity index (χ1n) is 7.51. The van der Waals surface area contributed by atoms with Crippen LogP contribution in [0.1, 0.15) is 23.5 Å². The van der Waals surface area contributed by atoms with E-state index in [1.165, 1.54) is 24.3 Å². The van der Waals surface area contributed by atoms with Gasteiger partial charge in [0.25, 0.3) is 0 Å². The zero-order valence-corrected chi connectivity index (χ0v) is 12.5. The standard InChI is InChI=1S/C18H13F2N3O/c19-12-3-1-11(2-4-12)15-9-17(24)22-18-16(15)10-21-23(18)14-7-5-13(20)6-8-14/h1-8,10,15H,9H2,(H,22,24). The summed E-state index contributed by atoms with van der Waals surface area (Å²) >= 11 is 0. The lowest BCUT2D eigenvalue weighted by atomic mass is 9.87. The maximum absolute atomic E-state index is 13.2. The molecule has 6 heteroatoms. The molecule has 0 saturated carbocycles. The van der Waals surface area contributed by atoms with Crippen LogP contribution >= 0.6 is 0 Å². The largest absolute Gasteiger partial charge is 0.310 e. The highest BCUT2D eigenvalue weighted by Crippen LogP contribution is 2.37. The number of anilines is 1. The SMILES string of the molecule is O=C1CC(c2ccc(F)cc2)c2cnn(-c3ccc(F)cc3)c2N1. The number of fused-ring (bicyclic) bond motifs is 1. The van der Waals surface area contributed by atoms with Gasteiger partial charge in [-0.2, -0.15) is 5.10 Å². The van der Waals surface area contributed by atoms with Gasteiger partial charge in [-0.3, -0.25) is 4.79 Å². The molecular formula is C18H13F2N3O. The molecule has 0 spiro atoms. The van der Waals surface area contributed by atoms with Crippen LogP contribution in [0.25, 0.3) is 5.69 Å². The summed E-state index contributed by atoms with van der Waals surface area (Å²) in [5.41, 5.74) is 2.36. The quantitative estimate of drug-likeness (QED) is 0.782. The Morgan fingerprint density at radius 2 is 1.62 bits per heavy atom. The van der Waals surface area contributed by atoms with E-state index in [0.717, 1.165) is 11.1 Å². The number of amides is 1. The normalized spacial score (nSPS) is 16.6. The van der Waals surface area contributed by atoms with Crippen LogP contribution in [0.15, 0.2) is 54.7 Å². The number of carbonyl (C=O) groups is 1. The van der Waals surface area contributed by atoms with E-state index in [0.29, 0.717) is 11.5 Å². The molecule has 24 heavy (non-hydrogen) atoms. The lowest BCUT2D eigenvalue weighted by molar-refractivity contribution is -0.116. The summed E-state index contributed by atoms with van der Waals surface area (Å²) in [6.45, 7) is 0. The first-order valence-corrected chi connectivity index (χ1v) is 7.51. The maximum Gasteiger partial charge on any atom is 0.226 e. The average molecular weight is 325 g/mol. The molecule has 0 fully saturated rings. The fourth-order valence-corrected chi connectivity index (χ4v) is 2.99. The maximum atomic E-state index is 13.2. The smallest absolute Gasteiger partial charge is 0.226 e. The summed E-state index contributed by atoms with van der Waals surface area (Å²) in [5, 5.41) is 7.16. The third-order valence-corrected chi connectivity index (χ3v) is 4.16. The Bertz CT molecular complexity index is 901. The van der Waals surface area contributed by atoms with Crippen molar-refractivity contribution in [2.45, 2.75) is 12.3 Å². The molecule has 2 aromatic carbocycles. The molecule has 120 valence electrons. The summed E-state index contributed by atoms with van der Waals surface area (Å²) in [7, 11) is 0. The molecule has 4 rings (SSSR count). The molecule has 4 nitrogen and oxygen atoms in total. The van der Waals surface area contributed by atoms with Crippen LogP contribution < -0.4 is 5.32 Å². The fourth-order valence-electron chi connectivity index (χ4n) is 2.99. The number of carbonyl (C=O) groups excluding carboxylic acids is 1. The van der Waals surface area contributed by atoms with Gasteiger partial charge in [0.1, 0.15) is 17.5 Å². The van der Waals surface area contributed by atoms with Crippen LogP contribution in [-0.4, -0.2) is 15.7 Å². The average Bonchev–Trinajstić information content (AvgIpc) is 2.99. The van der Waals surface area contributed by atoms with Crippen LogP contribution in [-0.2, 0) is 4.79 Å². The molecule has 3 aromatic rings. The summed E-state index contributed by atoms with van der Waals surface area (Å²) in [5.74, 6) is -0.425. The Balaban J connectivity index is 1.80. The molecule has 1 amide bonds. The van der Waals surface area contributed by atoms with Gasteiger partial charge < -0.3 is 5.32 Å². The second kappa shape index (κ2) is 5.56. The first-order chi connectivity index (χ1) is 11.6. The molecule has 0 bridgehead atoms. The molecule has 1 aliphatic heterocycles. The molecule has 1 atom stereocenters. The molecular weight excluding hydrogens is 312 g/mol. The number of halogens is 2. The lowest BCUT2D eigenvalue weighted by Gasteiger charge is -2.23. The molecule has 1 aliphatic rings. The zero-order chi connectivity index (χ0) is 16.7. The number of benzene rings is 2. The minimum Gasteiger partial charge on any atom is -0.310 e. The number of hydrogen-bond donors (Lipinski definition) is 1. The summed E-state index contributed by atoms with van der Waals surface area (Å²) in [6, 6.07) is 12.0. The van der Waals surface area contributed by atoms with Gasteiger partial charge >= 0.3 is 0 Å². The van der Waals surface area contributed by atoms with Crippen molar-refractivity contribution in [2.75, 3.05) is 5.32 Å². The van der Waals surface area contributed by atoms with Gasteiger partial charge in [0.15, 0.2) is 0 Å². The Morgan fingerprint density at radius 3 is 2.29 bits per heavy atom. The highest BCUT2D eigenvalue weighted by Gasteiger charge is 2.30. The second-order valence-corrected chi connectivity index (χ2v) is 5.69. The Labute approximate surface area is 136 Å². The van der Waals surface area contributed by atoms with Gasteiger partial charge in [-0.05, 0) is 42.0 Å². The van der Waals surface area contributed by atoms with Crippen molar-refractivity contribution in [1.29, 1.82) is 0 Å². The first kappa shape index (κ1) is 14.6. The third kappa shape index (κ3) is 2.46. The van der Waals surface area contributed by atoms with Gasteiger partial charge in [-0.25, -0.2) is 13.5 Å². The Morgan fingerprint density at radius 1 is 1.00 bits per heavy atom. The number of aromatic nitrogens is 2. The Hall–Kier alpha value is -3.02. The fraction of sp³-hybridized carbons (Fsp3) is 0.111. The second-order valence-electron chi connectivity index (χ2n) is 5.69. The van der Waals surface area contributed by atoms with E-state index in [2.05, 4.69) is 10.4 Å². The van der Waals surface area contributed by atoms with Crippen molar-refractivity contribution in [3.63, 3.8) is 0 Å². The molecule has 0 saturated heterocycles. The van der Waals surface area contributed by atoms with E-state index < -0.39 is 0 Å². The van der Waals surface area contributed by atoms with E-state index in [1.54, 1.807) is 35.1 Å². The predicted octanol–water partition coefficient (Wildman–Crippen LogP) is 3.62. The topological polar surface area (TPSA) is 46.9 Å². The van der Waals surface area contributed by atoms with Crippen molar-refractivity contribution in [3.05, 3.63) is 77.5 Å². The van der Waals surface area contributed by atoms with Crippen LogP contribution in [0.3, 0.4) is 0 Å². The van der Waals surface area contributed by atoms with Gasteiger partial charge in [0.2, 0.25) is 5.91 Å². The monoisotopic (exact) mass is 325 g/mol. The molecule has 1 N–H and O–H groups in total. The molecule has 0 aliphatic carbocycles. The zero-order valence-electron chi connectivity index (χ0n) is 12.5. The van der Waals surface area contributed by atoms with E-state index in [-0.39, 0.29) is 29.9 Å². The number of hydrogen-bond acceptors (Lipinski definition) is 2. The van der Waals surface area contributed by atoms with E-state index in [4.69, 9.17) is 0 Å². The highest BCUT2D eigenvalue weighted by atomic mass is 19.1. The molecule has 0 radical (unpaired) electrons. The van der Waals surface area contributed by atoms with E-state index >= 15 is 0 Å². The third-order valence-electron chi connectivity index (χ3n) is 4.16. The van der Waals surface area contributed by atoms with Crippen molar-refractivity contribution in [1.82, 2.24) is 9.78 Å². The Kier molecular flexibility index (Phi) is 3.37. The number of nitrogens with zero attached hydrogens (tertiary/aromatic N) is 2. The van der Waals surface area contributed by atoms with Crippen LogP contribution in [0.4, 0.5) is 14.6 Å². The van der Waals surface area contributed by atoms with Gasteiger partial charge in [-0.1, -0.05) is 12.1 Å². The summed E-state index contributed by atoms with van der Waals surface area (Å²) < 4.78 is 27.8. The van der Waals surface area contributed by atoms with Crippen LogP contribution in [0.2, 0.25) is 0 Å². The predicted molar refractivity (Wildman–Crippen MR) is 85.0 cm³/mol. The van der Waals surface area contributed by atoms with Crippen molar-refractivity contribution < 1.29 is 13.6 Å². The molecule has 1 aromatic heterocycles. The van der Waals surface area contributed by atoms with Crippen LogP contribution in [0, 0.1) is 11.6 Å². The highest BCUT2D eigenvalue weighted by molar-refractivity contribution is 5.94. The number of nitrogens with one attached hydrogen (secondary N) is 1. The van der Waals surface area contributed by atoms with Crippen molar-refractivity contribution >= 4 is 11.7 Å². The lowest BCUT2D eigenvalue weighted by Crippen LogP contribution is -2.24. The van der Waals surface area contributed by atoms with Gasteiger partial charge in [0.05, 0.1) is 11.9 Å². The van der Waals surface area contributed by atoms with Crippen LogP contribution in [0.5, 0.6) is 0 Å².